The fourth-order valence-electron chi connectivity index (χ4n) is 3.67. The van der Waals surface area contributed by atoms with Crippen molar-refractivity contribution in [3.63, 3.8) is 0 Å². The molecule has 0 aliphatic rings. The van der Waals surface area contributed by atoms with E-state index in [1.165, 1.54) is 17.0 Å². The number of benzene rings is 3. The van der Waals surface area contributed by atoms with E-state index >= 15 is 0 Å². The number of carbonyl (C=O) groups is 1. The van der Waals surface area contributed by atoms with E-state index in [0.29, 0.717) is 24.3 Å². The summed E-state index contributed by atoms with van der Waals surface area (Å²) in [5, 5.41) is 5.97. The first kappa shape index (κ1) is 24.7. The van der Waals surface area contributed by atoms with E-state index in [-0.39, 0.29) is 35.1 Å². The van der Waals surface area contributed by atoms with E-state index < -0.39 is 0 Å². The first-order valence-electron chi connectivity index (χ1n) is 11.7. The molecule has 0 radical (unpaired) electrons. The number of hydrogen-bond acceptors (Lipinski definition) is 5. The normalized spacial score (nSPS) is 10.8. The van der Waals surface area contributed by atoms with Crippen LogP contribution < -0.4 is 25.9 Å². The number of anilines is 3. The second-order valence-corrected chi connectivity index (χ2v) is 8.56. The molecule has 0 saturated carbocycles. The molecule has 184 valence electrons. The molecule has 0 unspecified atom stereocenters. The summed E-state index contributed by atoms with van der Waals surface area (Å²) < 4.78 is 15.9. The monoisotopic (exact) mass is 486 g/mol. The van der Waals surface area contributed by atoms with Gasteiger partial charge in [-0.05, 0) is 47.9 Å². The summed E-state index contributed by atoms with van der Waals surface area (Å²) in [6.07, 6.45) is 2.03. The van der Waals surface area contributed by atoms with Crippen molar-refractivity contribution in [3.05, 3.63) is 102 Å². The molecule has 8 heteroatoms. The van der Waals surface area contributed by atoms with Crippen molar-refractivity contribution in [3.8, 4) is 11.1 Å². The van der Waals surface area contributed by atoms with Crippen LogP contribution in [0.5, 0.6) is 0 Å². The Morgan fingerprint density at radius 1 is 1.06 bits per heavy atom. The fourth-order valence-corrected chi connectivity index (χ4v) is 3.67. The van der Waals surface area contributed by atoms with E-state index in [9.17, 15) is 9.18 Å². The molecule has 0 aliphatic heterocycles. The van der Waals surface area contributed by atoms with Crippen LogP contribution in [0.1, 0.15) is 29.8 Å². The molecule has 0 atom stereocenters. The highest BCUT2D eigenvalue weighted by Crippen LogP contribution is 2.27. The Kier molecular flexibility index (Phi) is 7.75. The van der Waals surface area contributed by atoms with E-state index in [4.69, 9.17) is 10.6 Å². The zero-order valence-corrected chi connectivity index (χ0v) is 20.2. The highest BCUT2D eigenvalue weighted by Gasteiger charge is 2.24. The molecule has 36 heavy (non-hydrogen) atoms. The Hall–Kier alpha value is -4.46. The van der Waals surface area contributed by atoms with Crippen LogP contribution in [0.3, 0.4) is 0 Å². The standard InChI is InChI=1S/C28H28FN5O2/c1-19(2)32-27(35)24-18-31-28(34(26(24)30)36-16-15-20-9-5-3-6-10-20)33-22-13-14-25(29)23(17-22)21-11-7-4-8-12-21/h3-14,17-19H,15-16H2,1-2H3,(H3,30,31,32,33,35)/p+1. The SMILES string of the molecule is CC(C)NC(=O)c1cnc(Nc2ccc(F)c(-c3ccccc3)c2)[n+](OCCc2ccccc2)c1N. The number of nitrogens with zero attached hydrogens (tertiary/aromatic N) is 2. The quantitative estimate of drug-likeness (QED) is 0.307. The van der Waals surface area contributed by atoms with Gasteiger partial charge in [0.2, 0.25) is 5.82 Å². The summed E-state index contributed by atoms with van der Waals surface area (Å²) in [5.74, 6) is -0.335. The lowest BCUT2D eigenvalue weighted by Gasteiger charge is -2.14. The predicted molar refractivity (Wildman–Crippen MR) is 138 cm³/mol. The highest BCUT2D eigenvalue weighted by atomic mass is 19.1. The zero-order valence-electron chi connectivity index (χ0n) is 20.2. The summed E-state index contributed by atoms with van der Waals surface area (Å²) >= 11 is 0. The van der Waals surface area contributed by atoms with Gasteiger partial charge in [-0.25, -0.2) is 4.39 Å². The highest BCUT2D eigenvalue weighted by molar-refractivity contribution is 5.97. The van der Waals surface area contributed by atoms with Crippen LogP contribution in [0.2, 0.25) is 0 Å². The maximum atomic E-state index is 14.6. The summed E-state index contributed by atoms with van der Waals surface area (Å²) in [4.78, 5) is 23.1. The number of nitrogen functional groups attached to an aromatic ring is 1. The average molecular weight is 487 g/mol. The van der Waals surface area contributed by atoms with Gasteiger partial charge in [0.15, 0.2) is 0 Å². The topological polar surface area (TPSA) is 93.2 Å². The Bertz CT molecular complexity index is 1330. The van der Waals surface area contributed by atoms with E-state index in [1.807, 2.05) is 74.5 Å². The number of carbonyl (C=O) groups excluding carboxylic acids is 1. The molecule has 0 aliphatic carbocycles. The number of hydrogen-bond donors (Lipinski definition) is 3. The number of nitrogens with one attached hydrogen (secondary N) is 2. The molecule has 0 bridgehead atoms. The largest absolute Gasteiger partial charge is 0.388 e. The van der Waals surface area contributed by atoms with Crippen molar-refractivity contribution in [2.45, 2.75) is 26.3 Å². The van der Waals surface area contributed by atoms with Gasteiger partial charge in [0.05, 0.1) is 5.69 Å². The molecule has 4 aromatic rings. The summed E-state index contributed by atoms with van der Waals surface area (Å²) in [5.41, 5.74) is 9.44. The van der Waals surface area contributed by atoms with E-state index in [2.05, 4.69) is 15.6 Å². The third kappa shape index (κ3) is 5.96. The van der Waals surface area contributed by atoms with Crippen molar-refractivity contribution >= 4 is 23.4 Å². The molecule has 0 fully saturated rings. The molecule has 1 heterocycles. The van der Waals surface area contributed by atoms with Crippen LogP contribution in [0.4, 0.5) is 21.8 Å². The third-order valence-electron chi connectivity index (χ3n) is 5.43. The first-order valence-corrected chi connectivity index (χ1v) is 11.7. The van der Waals surface area contributed by atoms with Crippen LogP contribution in [0.15, 0.2) is 85.1 Å². The zero-order chi connectivity index (χ0) is 25.5. The van der Waals surface area contributed by atoms with Crippen molar-refractivity contribution in [2.24, 2.45) is 0 Å². The van der Waals surface area contributed by atoms with E-state index in [1.54, 1.807) is 12.1 Å². The second-order valence-electron chi connectivity index (χ2n) is 8.56. The lowest BCUT2D eigenvalue weighted by Crippen LogP contribution is -2.50. The molecular formula is C28H29FN5O2+. The molecular weight excluding hydrogens is 457 g/mol. The summed E-state index contributed by atoms with van der Waals surface area (Å²) in [6, 6.07) is 23.8. The first-order chi connectivity index (χ1) is 17.4. The van der Waals surface area contributed by atoms with Crippen LogP contribution in [-0.2, 0) is 6.42 Å². The molecule has 7 nitrogen and oxygen atoms in total. The molecule has 4 N–H and O–H groups in total. The van der Waals surface area contributed by atoms with Gasteiger partial charge in [0.1, 0.15) is 24.2 Å². The van der Waals surface area contributed by atoms with Gasteiger partial charge >= 0.3 is 5.95 Å². The number of rotatable bonds is 9. The average Bonchev–Trinajstić information content (AvgIpc) is 2.87. The van der Waals surface area contributed by atoms with Crippen molar-refractivity contribution in [1.82, 2.24) is 10.3 Å². The number of halogens is 1. The Morgan fingerprint density at radius 3 is 2.44 bits per heavy atom. The van der Waals surface area contributed by atoms with Gasteiger partial charge < -0.3 is 15.9 Å². The minimum atomic E-state index is -0.352. The Balaban J connectivity index is 1.65. The van der Waals surface area contributed by atoms with Crippen molar-refractivity contribution in [2.75, 3.05) is 17.7 Å². The Labute approximate surface area is 209 Å². The lowest BCUT2D eigenvalue weighted by atomic mass is 10.0. The number of nitrogens with two attached hydrogens (primary N) is 1. The van der Waals surface area contributed by atoms with Crippen LogP contribution >= 0.6 is 0 Å². The maximum absolute atomic E-state index is 14.6. The van der Waals surface area contributed by atoms with Crippen molar-refractivity contribution < 1.29 is 18.8 Å². The van der Waals surface area contributed by atoms with Crippen LogP contribution in [0.25, 0.3) is 11.1 Å². The van der Waals surface area contributed by atoms with Crippen LogP contribution in [0, 0.1) is 5.82 Å². The molecule has 1 amide bonds. The van der Waals surface area contributed by atoms with Gasteiger partial charge in [-0.1, -0.05) is 60.7 Å². The molecule has 3 aromatic carbocycles. The number of aromatic nitrogens is 2. The second kappa shape index (κ2) is 11.3. The lowest BCUT2D eigenvalue weighted by molar-refractivity contribution is -0.870. The van der Waals surface area contributed by atoms with Gasteiger partial charge in [-0.3, -0.25) is 10.1 Å². The minimum Gasteiger partial charge on any atom is -0.367 e. The van der Waals surface area contributed by atoms with Crippen LogP contribution in [-0.4, -0.2) is 23.5 Å². The fraction of sp³-hybridized carbons (Fsp3) is 0.179. The third-order valence-corrected chi connectivity index (χ3v) is 5.43. The minimum absolute atomic E-state index is 0.0715. The van der Waals surface area contributed by atoms with Gasteiger partial charge in [0, 0.05) is 18.0 Å². The molecule has 4 rings (SSSR count). The number of amides is 1. The molecule has 0 saturated heterocycles. The smallest absolute Gasteiger partial charge is 0.367 e. The predicted octanol–water partition coefficient (Wildman–Crippen LogP) is 4.31. The molecule has 0 spiro atoms. The van der Waals surface area contributed by atoms with E-state index in [0.717, 1.165) is 11.1 Å². The van der Waals surface area contributed by atoms with Crippen molar-refractivity contribution in [1.29, 1.82) is 0 Å². The van der Waals surface area contributed by atoms with Gasteiger partial charge in [-0.2, -0.15) is 0 Å². The van der Waals surface area contributed by atoms with Gasteiger partial charge in [-0.15, -0.1) is 4.98 Å². The van der Waals surface area contributed by atoms with Gasteiger partial charge in [0.25, 0.3) is 5.91 Å². The molecule has 1 aromatic heterocycles. The maximum Gasteiger partial charge on any atom is 0.388 e. The Morgan fingerprint density at radius 2 is 1.75 bits per heavy atom. The summed E-state index contributed by atoms with van der Waals surface area (Å²) in [6.45, 7) is 4.02. The summed E-state index contributed by atoms with van der Waals surface area (Å²) in [7, 11) is 0.